The number of rotatable bonds is 3. The number of ether oxygens (including phenoxy) is 1. The molecule has 5 nitrogen and oxygen atoms in total. The van der Waals surface area contributed by atoms with Gasteiger partial charge in [0.05, 0.1) is 12.0 Å². The van der Waals surface area contributed by atoms with Gasteiger partial charge in [-0.15, -0.1) is 11.6 Å². The Labute approximate surface area is 191 Å². The van der Waals surface area contributed by atoms with Crippen LogP contribution in [0.25, 0.3) is 0 Å². The largest absolute Gasteiger partial charge is 0.450 e. The molecule has 0 bridgehead atoms. The smallest absolute Gasteiger partial charge is 0.303 e. The van der Waals surface area contributed by atoms with Crippen LogP contribution in [-0.2, 0) is 19.1 Å². The van der Waals surface area contributed by atoms with Crippen LogP contribution in [0.2, 0.25) is 0 Å². The molecule has 0 amide bonds. The number of Topliss-reactive ketones (excluding diaryl/α,β-unsaturated/α-hetero) is 1. The minimum absolute atomic E-state index is 0.0701. The van der Waals surface area contributed by atoms with Crippen LogP contribution in [0.15, 0.2) is 23.6 Å². The monoisotopic (exact) mass is 470 g/mol. The van der Waals surface area contributed by atoms with E-state index in [2.05, 4.69) is 0 Å². The minimum Gasteiger partial charge on any atom is -0.450 e. The summed E-state index contributed by atoms with van der Waals surface area (Å²) in [6.07, 6.45) is 0.445. The van der Waals surface area contributed by atoms with Crippen molar-refractivity contribution in [2.45, 2.75) is 64.8 Å². The topological polar surface area (TPSA) is 80.7 Å². The molecule has 0 heterocycles. The van der Waals surface area contributed by atoms with Gasteiger partial charge in [-0.2, -0.15) is 0 Å². The van der Waals surface area contributed by atoms with Gasteiger partial charge in [0.15, 0.2) is 17.2 Å². The molecular weight excluding hydrogens is 442 g/mol. The van der Waals surface area contributed by atoms with E-state index in [0.29, 0.717) is 6.42 Å². The maximum Gasteiger partial charge on any atom is 0.303 e. The lowest BCUT2D eigenvalue weighted by Crippen LogP contribution is -2.64. The van der Waals surface area contributed by atoms with E-state index >= 15 is 4.39 Å². The third-order valence-corrected chi connectivity index (χ3v) is 9.18. The van der Waals surface area contributed by atoms with Crippen LogP contribution in [0.5, 0.6) is 0 Å². The molecule has 0 saturated heterocycles. The molecule has 0 aliphatic heterocycles. The first-order valence-corrected chi connectivity index (χ1v) is 11.6. The zero-order chi connectivity index (χ0) is 23.8. The van der Waals surface area contributed by atoms with Crippen molar-refractivity contribution in [2.75, 3.05) is 5.88 Å². The zero-order valence-electron chi connectivity index (χ0n) is 18.7. The number of esters is 1. The van der Waals surface area contributed by atoms with Crippen molar-refractivity contribution in [3.63, 3.8) is 0 Å². The van der Waals surface area contributed by atoms with Gasteiger partial charge in [-0.25, -0.2) is 8.78 Å². The molecule has 176 valence electrons. The van der Waals surface area contributed by atoms with Crippen LogP contribution >= 0.6 is 11.6 Å². The van der Waals surface area contributed by atoms with E-state index in [1.54, 1.807) is 6.92 Å². The number of ketones is 2. The van der Waals surface area contributed by atoms with Gasteiger partial charge in [0, 0.05) is 35.2 Å². The molecule has 0 aromatic rings. The summed E-state index contributed by atoms with van der Waals surface area (Å²) in [5.74, 6) is -4.91. The molecule has 3 unspecified atom stereocenters. The summed E-state index contributed by atoms with van der Waals surface area (Å²) < 4.78 is 36.0. The van der Waals surface area contributed by atoms with Crippen LogP contribution < -0.4 is 0 Å². The second-order valence-corrected chi connectivity index (χ2v) is 10.7. The number of hydrogen-bond acceptors (Lipinski definition) is 5. The van der Waals surface area contributed by atoms with Crippen LogP contribution in [0.3, 0.4) is 0 Å². The molecule has 4 rings (SSSR count). The number of carbonyl (C=O) groups is 3. The van der Waals surface area contributed by atoms with Gasteiger partial charge in [0.1, 0.15) is 6.17 Å². The molecule has 0 aromatic carbocycles. The fourth-order valence-corrected chi connectivity index (χ4v) is 8.14. The first kappa shape index (κ1) is 23.6. The normalized spacial score (nSPS) is 47.6. The fraction of sp³-hybridized carbons (Fsp3) is 0.708. The van der Waals surface area contributed by atoms with E-state index in [-0.39, 0.29) is 36.1 Å². The van der Waals surface area contributed by atoms with Crippen LogP contribution in [0, 0.1) is 34.5 Å². The third kappa shape index (κ3) is 2.79. The standard InChI is InChI=1S/C24H29ClF2O5/c1-11-7-14-13-8-15(26)20-21(27)16(29)5-6-22(20,3)19(13)17(30)9-23(14,4)24(11,18(31)10-25)32-12(2)28/h5-6,11,13-15,17,19,30H,7-10H2,1-4H3/t11?,13-,14-,15?,17?,19+,22+,23-,24-/m0/s1. The van der Waals surface area contributed by atoms with E-state index < -0.39 is 63.9 Å². The maximum atomic E-state index is 15.5. The Bertz CT molecular complexity index is 947. The maximum absolute atomic E-state index is 15.5. The quantitative estimate of drug-likeness (QED) is 0.500. The molecule has 0 aromatic heterocycles. The first-order valence-electron chi connectivity index (χ1n) is 11.1. The molecule has 32 heavy (non-hydrogen) atoms. The predicted molar refractivity (Wildman–Crippen MR) is 113 cm³/mol. The Hall–Kier alpha value is -1.60. The number of aliphatic hydroxyl groups is 1. The summed E-state index contributed by atoms with van der Waals surface area (Å²) >= 11 is 5.95. The Kier molecular flexibility index (Phi) is 5.49. The van der Waals surface area contributed by atoms with E-state index in [0.717, 1.165) is 6.08 Å². The molecule has 8 heteroatoms. The van der Waals surface area contributed by atoms with Crippen molar-refractivity contribution in [3.05, 3.63) is 23.6 Å². The van der Waals surface area contributed by atoms with Crippen molar-refractivity contribution in [3.8, 4) is 0 Å². The number of alkyl halides is 2. The fourth-order valence-electron chi connectivity index (χ4n) is 7.94. The highest BCUT2D eigenvalue weighted by molar-refractivity contribution is 6.29. The van der Waals surface area contributed by atoms with Gasteiger partial charge in [0.2, 0.25) is 5.78 Å². The summed E-state index contributed by atoms with van der Waals surface area (Å²) in [5.41, 5.74) is -3.84. The number of aliphatic hydroxyl groups excluding tert-OH is 1. The van der Waals surface area contributed by atoms with Gasteiger partial charge < -0.3 is 9.84 Å². The molecular formula is C24H29ClF2O5. The molecule has 1 N–H and O–H groups in total. The number of halogens is 3. The SMILES string of the molecule is CC(=O)O[C@]1(C(=O)CCl)C(C)C[C@H]2[C@@H]3CC(F)C4=C(F)C(=O)C=C[C@]4(C)[C@H]3C(O)C[C@@]21C. The average Bonchev–Trinajstić information content (AvgIpc) is 2.91. The van der Waals surface area contributed by atoms with E-state index in [1.165, 1.54) is 13.0 Å². The summed E-state index contributed by atoms with van der Waals surface area (Å²) in [6, 6.07) is 0. The summed E-state index contributed by atoms with van der Waals surface area (Å²) in [4.78, 5) is 37.2. The lowest BCUT2D eigenvalue weighted by molar-refractivity contribution is -0.202. The lowest BCUT2D eigenvalue weighted by atomic mass is 9.45. The van der Waals surface area contributed by atoms with E-state index in [1.807, 2.05) is 13.8 Å². The molecule has 3 fully saturated rings. The van der Waals surface area contributed by atoms with Gasteiger partial charge in [-0.05, 0) is 37.2 Å². The molecule has 0 radical (unpaired) electrons. The van der Waals surface area contributed by atoms with Gasteiger partial charge in [0.25, 0.3) is 0 Å². The van der Waals surface area contributed by atoms with E-state index in [4.69, 9.17) is 16.3 Å². The first-order chi connectivity index (χ1) is 14.8. The number of allylic oxidation sites excluding steroid dienone is 4. The zero-order valence-corrected chi connectivity index (χ0v) is 19.4. The summed E-state index contributed by atoms with van der Waals surface area (Å²) in [5, 5.41) is 11.4. The summed E-state index contributed by atoms with van der Waals surface area (Å²) in [6.45, 7) is 6.54. The highest BCUT2D eigenvalue weighted by atomic mass is 35.5. The Morgan fingerprint density at radius 2 is 1.97 bits per heavy atom. The van der Waals surface area contributed by atoms with Gasteiger partial charge in [-0.3, -0.25) is 14.4 Å². The second kappa shape index (κ2) is 7.45. The predicted octanol–water partition coefficient (Wildman–Crippen LogP) is 3.87. The molecule has 4 aliphatic carbocycles. The van der Waals surface area contributed by atoms with Gasteiger partial charge >= 0.3 is 5.97 Å². The van der Waals surface area contributed by atoms with Crippen molar-refractivity contribution in [2.24, 2.45) is 34.5 Å². The van der Waals surface area contributed by atoms with E-state index in [9.17, 15) is 23.9 Å². The van der Waals surface area contributed by atoms with Crippen molar-refractivity contribution in [1.82, 2.24) is 0 Å². The number of hydrogen-bond donors (Lipinski definition) is 1. The molecule has 4 aliphatic rings. The molecule has 3 saturated carbocycles. The minimum atomic E-state index is -1.69. The third-order valence-electron chi connectivity index (χ3n) is 8.93. The van der Waals surface area contributed by atoms with Crippen molar-refractivity contribution in [1.29, 1.82) is 0 Å². The average molecular weight is 471 g/mol. The van der Waals surface area contributed by atoms with Crippen LogP contribution in [-0.4, -0.2) is 46.4 Å². The Morgan fingerprint density at radius 3 is 2.56 bits per heavy atom. The number of fused-ring (bicyclic) bond motifs is 5. The second-order valence-electron chi connectivity index (χ2n) is 10.4. The lowest BCUT2D eigenvalue weighted by Gasteiger charge is -2.60. The highest BCUT2D eigenvalue weighted by Gasteiger charge is 2.73. The summed E-state index contributed by atoms with van der Waals surface area (Å²) in [7, 11) is 0. The Balaban J connectivity index is 1.86. The van der Waals surface area contributed by atoms with Crippen LogP contribution in [0.4, 0.5) is 8.78 Å². The van der Waals surface area contributed by atoms with Crippen LogP contribution in [0.1, 0.15) is 47.0 Å². The van der Waals surface area contributed by atoms with Crippen molar-refractivity contribution < 1.29 is 33.0 Å². The number of carbonyl (C=O) groups excluding carboxylic acids is 3. The molecule has 0 spiro atoms. The Morgan fingerprint density at radius 1 is 1.31 bits per heavy atom. The van der Waals surface area contributed by atoms with Gasteiger partial charge in [-0.1, -0.05) is 26.8 Å². The molecule has 9 atom stereocenters. The highest BCUT2D eigenvalue weighted by Crippen LogP contribution is 2.69. The van der Waals surface area contributed by atoms with Crippen molar-refractivity contribution >= 4 is 29.1 Å².